The Labute approximate surface area is 65.0 Å². The lowest BCUT2D eigenvalue weighted by molar-refractivity contribution is 0.287. The van der Waals surface area contributed by atoms with Crippen molar-refractivity contribution in [2.45, 2.75) is 12.8 Å². The van der Waals surface area contributed by atoms with Crippen LogP contribution in [-0.2, 0) is 0 Å². The van der Waals surface area contributed by atoms with E-state index in [0.29, 0.717) is 0 Å². The molecular weight excluding hydrogens is 143 g/mol. The molecule has 1 rings (SSSR count). The summed E-state index contributed by atoms with van der Waals surface area (Å²) in [6, 6.07) is 0. The maximum Gasteiger partial charge on any atom is 0.00589 e. The zero-order chi connectivity index (χ0) is 7.40. The van der Waals surface area contributed by atoms with Crippen LogP contribution >= 0.6 is 8.73 Å². The van der Waals surface area contributed by atoms with Gasteiger partial charge in [0.05, 0.1) is 0 Å². The van der Waals surface area contributed by atoms with Crippen molar-refractivity contribution in [1.82, 2.24) is 4.67 Å². The molecule has 0 amide bonds. The molecule has 1 aliphatic heterocycles. The highest BCUT2D eigenvalue weighted by Gasteiger charge is 2.16. The number of rotatable bonds is 2. The van der Waals surface area contributed by atoms with Crippen molar-refractivity contribution in [1.29, 1.82) is 0 Å². The van der Waals surface area contributed by atoms with Crippen LogP contribution in [0.2, 0.25) is 0 Å². The molecule has 0 saturated carbocycles. The van der Waals surface area contributed by atoms with Crippen molar-refractivity contribution in [3.05, 3.63) is 0 Å². The van der Waals surface area contributed by atoms with Crippen LogP contribution in [0.15, 0.2) is 0 Å². The van der Waals surface area contributed by atoms with Crippen LogP contribution in [0.4, 0.5) is 0 Å². The van der Waals surface area contributed by atoms with Crippen LogP contribution in [0.25, 0.3) is 0 Å². The minimum Gasteiger partial charge on any atom is -0.330 e. The number of hydrogen-bond acceptors (Lipinski definition) is 2. The van der Waals surface area contributed by atoms with E-state index in [1.165, 1.54) is 25.9 Å². The Balaban J connectivity index is 2.25. The van der Waals surface area contributed by atoms with Gasteiger partial charge in [0.2, 0.25) is 0 Å². The Bertz CT molecular complexity index is 87.6. The van der Waals surface area contributed by atoms with Gasteiger partial charge in [-0.1, -0.05) is 8.73 Å². The van der Waals surface area contributed by atoms with Crippen molar-refractivity contribution in [2.75, 3.05) is 26.3 Å². The van der Waals surface area contributed by atoms with Gasteiger partial charge in [0.1, 0.15) is 0 Å². The molecule has 1 saturated heterocycles. The van der Waals surface area contributed by atoms with Crippen molar-refractivity contribution < 1.29 is 0 Å². The number of piperidine rings is 1. The Hall–Kier alpha value is 0.350. The third kappa shape index (κ3) is 2.19. The highest BCUT2D eigenvalue weighted by atomic mass is 31.1. The molecule has 2 N–H and O–H groups in total. The summed E-state index contributed by atoms with van der Waals surface area (Å²) in [6.07, 6.45) is 2.69. The quantitative estimate of drug-likeness (QED) is 0.607. The highest BCUT2D eigenvalue weighted by Crippen LogP contribution is 2.23. The van der Waals surface area contributed by atoms with E-state index >= 15 is 0 Å². The second kappa shape index (κ2) is 4.27. The van der Waals surface area contributed by atoms with Gasteiger partial charge in [-0.25, -0.2) is 0 Å². The van der Waals surface area contributed by atoms with Crippen molar-refractivity contribution >= 4 is 8.73 Å². The summed E-state index contributed by atoms with van der Waals surface area (Å²) in [6.45, 7) is 5.66. The van der Waals surface area contributed by atoms with Crippen LogP contribution in [0.1, 0.15) is 12.8 Å². The number of hydrogen-bond donors (Lipinski definition) is 1. The lowest BCUT2D eigenvalue weighted by Crippen LogP contribution is -2.33. The molecule has 2 atom stereocenters. The fraction of sp³-hybridized carbons (Fsp3) is 1.00. The second-order valence-corrected chi connectivity index (χ2v) is 3.99. The first-order valence-corrected chi connectivity index (χ1v) is 5.44. The van der Waals surface area contributed by atoms with Gasteiger partial charge in [-0.15, -0.1) is 0 Å². The predicted octanol–water partition coefficient (Wildman–Crippen LogP) is 0.880. The lowest BCUT2D eigenvalue weighted by atomic mass is 10.0. The maximum absolute atomic E-state index is 5.60. The van der Waals surface area contributed by atoms with E-state index in [4.69, 9.17) is 5.73 Å². The smallest absolute Gasteiger partial charge is 0.00589 e. The zero-order valence-corrected chi connectivity index (χ0v) is 7.64. The molecule has 10 heavy (non-hydrogen) atoms. The van der Waals surface area contributed by atoms with Crippen LogP contribution in [0.3, 0.4) is 0 Å². The molecule has 0 aromatic carbocycles. The first-order valence-electron chi connectivity index (χ1n) is 3.99. The summed E-state index contributed by atoms with van der Waals surface area (Å²) in [5, 5.41) is 0. The summed E-state index contributed by atoms with van der Waals surface area (Å²) in [4.78, 5) is 0. The van der Waals surface area contributed by atoms with Gasteiger partial charge in [-0.3, -0.25) is 4.67 Å². The fourth-order valence-corrected chi connectivity index (χ4v) is 2.28. The summed E-state index contributed by atoms with van der Waals surface area (Å²) < 4.78 is 2.51. The van der Waals surface area contributed by atoms with Gasteiger partial charge < -0.3 is 5.73 Å². The molecule has 1 aliphatic rings. The van der Waals surface area contributed by atoms with Crippen LogP contribution < -0.4 is 5.73 Å². The van der Waals surface area contributed by atoms with Gasteiger partial charge in [-0.2, -0.15) is 0 Å². The SMILES string of the molecule is CPN1CCCC(CN)C1. The first-order chi connectivity index (χ1) is 4.86. The van der Waals surface area contributed by atoms with E-state index < -0.39 is 0 Å². The van der Waals surface area contributed by atoms with Crippen LogP contribution in [0.5, 0.6) is 0 Å². The first kappa shape index (κ1) is 8.45. The fourth-order valence-electron chi connectivity index (χ4n) is 1.46. The van der Waals surface area contributed by atoms with E-state index in [1.807, 2.05) is 0 Å². The molecule has 60 valence electrons. The molecule has 0 aromatic rings. The summed E-state index contributed by atoms with van der Waals surface area (Å²) >= 11 is 0. The Morgan fingerprint density at radius 3 is 3.10 bits per heavy atom. The van der Waals surface area contributed by atoms with Crippen molar-refractivity contribution in [3.63, 3.8) is 0 Å². The maximum atomic E-state index is 5.60. The Kier molecular flexibility index (Phi) is 3.61. The van der Waals surface area contributed by atoms with Gasteiger partial charge in [-0.05, 0) is 32.0 Å². The largest absolute Gasteiger partial charge is 0.330 e. The standard InChI is InChI=1S/C7H17N2P/c1-10-9-4-2-3-7(5-8)6-9/h7,10H,2-6,8H2,1H3. The monoisotopic (exact) mass is 160 g/mol. The zero-order valence-electron chi connectivity index (χ0n) is 6.64. The molecule has 1 heterocycles. The minimum absolute atomic E-state index is 0.779. The van der Waals surface area contributed by atoms with E-state index in [9.17, 15) is 0 Å². The second-order valence-electron chi connectivity index (χ2n) is 2.91. The topological polar surface area (TPSA) is 29.3 Å². The van der Waals surface area contributed by atoms with E-state index in [1.54, 1.807) is 0 Å². The molecule has 2 nitrogen and oxygen atoms in total. The summed E-state index contributed by atoms with van der Waals surface area (Å²) in [7, 11) is 0.974. The molecule has 0 aromatic heterocycles. The molecule has 0 aliphatic carbocycles. The van der Waals surface area contributed by atoms with E-state index in [2.05, 4.69) is 11.3 Å². The highest BCUT2D eigenvalue weighted by molar-refractivity contribution is 7.34. The normalized spacial score (nSPS) is 30.0. The summed E-state index contributed by atoms with van der Waals surface area (Å²) in [5.41, 5.74) is 5.60. The third-order valence-corrected chi connectivity index (χ3v) is 3.21. The van der Waals surface area contributed by atoms with Gasteiger partial charge >= 0.3 is 0 Å². The molecule has 0 bridgehead atoms. The molecule has 2 unspecified atom stereocenters. The molecular formula is C7H17N2P. The summed E-state index contributed by atoms with van der Waals surface area (Å²) in [5.74, 6) is 0.779. The van der Waals surface area contributed by atoms with E-state index in [-0.39, 0.29) is 0 Å². The molecule has 0 spiro atoms. The van der Waals surface area contributed by atoms with Crippen LogP contribution in [0, 0.1) is 5.92 Å². The predicted molar refractivity (Wildman–Crippen MR) is 47.6 cm³/mol. The van der Waals surface area contributed by atoms with Crippen LogP contribution in [-0.4, -0.2) is 31.0 Å². The van der Waals surface area contributed by atoms with Crippen molar-refractivity contribution in [2.24, 2.45) is 11.7 Å². The molecule has 3 heteroatoms. The van der Waals surface area contributed by atoms with Gasteiger partial charge in [0.25, 0.3) is 0 Å². The Morgan fingerprint density at radius 1 is 1.70 bits per heavy atom. The van der Waals surface area contributed by atoms with Gasteiger partial charge in [0.15, 0.2) is 0 Å². The lowest BCUT2D eigenvalue weighted by Gasteiger charge is -2.30. The number of nitrogens with zero attached hydrogens (tertiary/aromatic N) is 1. The third-order valence-electron chi connectivity index (χ3n) is 2.17. The van der Waals surface area contributed by atoms with E-state index in [0.717, 1.165) is 21.2 Å². The molecule has 1 fully saturated rings. The average molecular weight is 160 g/mol. The number of nitrogens with two attached hydrogens (primary N) is 1. The average Bonchev–Trinajstić information content (AvgIpc) is 2.05. The minimum atomic E-state index is 0.779. The Morgan fingerprint density at radius 2 is 2.50 bits per heavy atom. The van der Waals surface area contributed by atoms with Gasteiger partial charge in [0, 0.05) is 13.1 Å². The molecule has 0 radical (unpaired) electrons. The van der Waals surface area contributed by atoms with Crippen molar-refractivity contribution in [3.8, 4) is 0 Å².